The number of hydrogen-bond acceptors (Lipinski definition) is 3. The lowest BCUT2D eigenvalue weighted by Crippen LogP contribution is -2.10. The van der Waals surface area contributed by atoms with Gasteiger partial charge in [-0.1, -0.05) is 38.0 Å². The van der Waals surface area contributed by atoms with E-state index in [1.807, 2.05) is 18.2 Å². The van der Waals surface area contributed by atoms with Crippen molar-refractivity contribution in [1.29, 1.82) is 0 Å². The van der Waals surface area contributed by atoms with E-state index in [1.165, 1.54) is 0 Å². The minimum Gasteiger partial charge on any atom is -0.465 e. The first-order chi connectivity index (χ1) is 7.74. The number of unbranched alkanes of at least 4 members (excludes halogenated alkanes) is 2. The molecule has 0 aliphatic carbocycles. The molecule has 0 spiro atoms. The van der Waals surface area contributed by atoms with E-state index in [9.17, 15) is 4.79 Å². The van der Waals surface area contributed by atoms with Crippen LogP contribution in [0.1, 0.15) is 31.7 Å². The summed E-state index contributed by atoms with van der Waals surface area (Å²) in [5.74, 6) is -0.200. The molecule has 0 bridgehead atoms. The van der Waals surface area contributed by atoms with Gasteiger partial charge in [-0.2, -0.15) is 0 Å². The first kappa shape index (κ1) is 12.6. The topological polar surface area (TPSA) is 52.3 Å². The molecule has 16 heavy (non-hydrogen) atoms. The third-order valence-electron chi connectivity index (χ3n) is 2.40. The third kappa shape index (κ3) is 4.34. The van der Waals surface area contributed by atoms with Gasteiger partial charge in [-0.15, -0.1) is 0 Å². The van der Waals surface area contributed by atoms with E-state index in [0.717, 1.165) is 24.8 Å². The fourth-order valence-electron chi connectivity index (χ4n) is 1.44. The predicted molar refractivity (Wildman–Crippen MR) is 65.0 cm³/mol. The minimum atomic E-state index is -0.200. The molecule has 3 heteroatoms. The molecule has 0 heterocycles. The van der Waals surface area contributed by atoms with Crippen molar-refractivity contribution in [1.82, 2.24) is 0 Å². The van der Waals surface area contributed by atoms with Crippen molar-refractivity contribution in [3.8, 4) is 0 Å². The van der Waals surface area contributed by atoms with Crippen molar-refractivity contribution in [2.45, 2.75) is 32.6 Å². The fourth-order valence-corrected chi connectivity index (χ4v) is 1.44. The number of anilines is 1. The molecule has 0 aliphatic heterocycles. The van der Waals surface area contributed by atoms with Crippen molar-refractivity contribution in [3.63, 3.8) is 0 Å². The van der Waals surface area contributed by atoms with E-state index in [4.69, 9.17) is 10.5 Å². The Bertz CT molecular complexity index is 336. The highest BCUT2D eigenvalue weighted by atomic mass is 16.5. The number of hydrogen-bond donors (Lipinski definition) is 1. The Morgan fingerprint density at radius 2 is 2.06 bits per heavy atom. The average Bonchev–Trinajstić information content (AvgIpc) is 2.28. The summed E-state index contributed by atoms with van der Waals surface area (Å²) >= 11 is 0. The lowest BCUT2D eigenvalue weighted by atomic mass is 10.1. The van der Waals surface area contributed by atoms with E-state index in [-0.39, 0.29) is 12.4 Å². The van der Waals surface area contributed by atoms with Gasteiger partial charge in [-0.05, 0) is 18.1 Å². The molecular formula is C13H19NO2. The van der Waals surface area contributed by atoms with Crippen LogP contribution < -0.4 is 5.73 Å². The van der Waals surface area contributed by atoms with Crippen molar-refractivity contribution < 1.29 is 9.53 Å². The average molecular weight is 221 g/mol. The summed E-state index contributed by atoms with van der Waals surface area (Å²) in [6.07, 6.45) is 3.43. The van der Waals surface area contributed by atoms with E-state index >= 15 is 0 Å². The summed E-state index contributed by atoms with van der Waals surface area (Å²) < 4.78 is 5.11. The molecule has 0 saturated heterocycles. The molecule has 0 aromatic heterocycles. The Balaban J connectivity index is 2.32. The van der Waals surface area contributed by atoms with Crippen molar-refractivity contribution >= 4 is 11.7 Å². The summed E-state index contributed by atoms with van der Waals surface area (Å²) in [5.41, 5.74) is 7.22. The normalized spacial score (nSPS) is 10.1. The van der Waals surface area contributed by atoms with Gasteiger partial charge in [-0.3, -0.25) is 4.79 Å². The number of rotatable bonds is 6. The molecule has 3 nitrogen and oxygen atoms in total. The Kier molecular flexibility index (Phi) is 5.40. The molecule has 88 valence electrons. The largest absolute Gasteiger partial charge is 0.465 e. The van der Waals surface area contributed by atoms with Crippen LogP contribution in [-0.2, 0) is 16.0 Å². The van der Waals surface area contributed by atoms with Crippen LogP contribution in [0.25, 0.3) is 0 Å². The number of para-hydroxylation sites is 1. The summed E-state index contributed by atoms with van der Waals surface area (Å²) in [6, 6.07) is 7.36. The second-order valence-corrected chi connectivity index (χ2v) is 3.80. The quantitative estimate of drug-likeness (QED) is 0.456. The van der Waals surface area contributed by atoms with Crippen molar-refractivity contribution in [3.05, 3.63) is 29.8 Å². The summed E-state index contributed by atoms with van der Waals surface area (Å²) in [7, 11) is 0. The first-order valence-electron chi connectivity index (χ1n) is 5.73. The van der Waals surface area contributed by atoms with Crippen molar-refractivity contribution in [2.75, 3.05) is 12.3 Å². The Morgan fingerprint density at radius 3 is 2.75 bits per heavy atom. The number of carbonyl (C=O) groups is 1. The number of nitrogens with two attached hydrogens (primary N) is 1. The number of nitrogen functional groups attached to an aromatic ring is 1. The number of esters is 1. The smallest absolute Gasteiger partial charge is 0.310 e. The Morgan fingerprint density at radius 1 is 1.31 bits per heavy atom. The summed E-state index contributed by atoms with van der Waals surface area (Å²) in [5, 5.41) is 0. The van der Waals surface area contributed by atoms with Gasteiger partial charge in [0.15, 0.2) is 0 Å². The first-order valence-corrected chi connectivity index (χ1v) is 5.73. The van der Waals surface area contributed by atoms with Crippen LogP contribution in [0, 0.1) is 0 Å². The predicted octanol–water partition coefficient (Wildman–Crippen LogP) is 2.54. The van der Waals surface area contributed by atoms with Gasteiger partial charge in [0.2, 0.25) is 0 Å². The molecule has 0 unspecified atom stereocenters. The Hall–Kier alpha value is -1.51. The molecule has 0 atom stereocenters. The van der Waals surface area contributed by atoms with Gasteiger partial charge in [0.1, 0.15) is 0 Å². The fraction of sp³-hybridized carbons (Fsp3) is 0.462. The van der Waals surface area contributed by atoms with Crippen LogP contribution >= 0.6 is 0 Å². The molecule has 1 aromatic carbocycles. The van der Waals surface area contributed by atoms with Gasteiger partial charge in [-0.25, -0.2) is 0 Å². The highest BCUT2D eigenvalue weighted by Gasteiger charge is 2.06. The van der Waals surface area contributed by atoms with Crippen LogP contribution in [0.15, 0.2) is 24.3 Å². The maximum atomic E-state index is 11.5. The molecule has 1 rings (SSSR count). The van der Waals surface area contributed by atoms with Crippen LogP contribution in [0.3, 0.4) is 0 Å². The van der Waals surface area contributed by atoms with Gasteiger partial charge in [0.05, 0.1) is 13.0 Å². The molecule has 0 saturated carbocycles. The molecular weight excluding hydrogens is 202 g/mol. The van der Waals surface area contributed by atoms with Gasteiger partial charge in [0.25, 0.3) is 0 Å². The van der Waals surface area contributed by atoms with Crippen LogP contribution in [0.2, 0.25) is 0 Å². The number of ether oxygens (including phenoxy) is 1. The third-order valence-corrected chi connectivity index (χ3v) is 2.40. The zero-order valence-electron chi connectivity index (χ0n) is 9.74. The lowest BCUT2D eigenvalue weighted by Gasteiger charge is -2.06. The maximum Gasteiger partial charge on any atom is 0.310 e. The van der Waals surface area contributed by atoms with Gasteiger partial charge < -0.3 is 10.5 Å². The molecule has 0 radical (unpaired) electrons. The minimum absolute atomic E-state index is 0.200. The van der Waals surface area contributed by atoms with Crippen LogP contribution in [0.5, 0.6) is 0 Å². The lowest BCUT2D eigenvalue weighted by molar-refractivity contribution is -0.142. The van der Waals surface area contributed by atoms with E-state index in [2.05, 4.69) is 6.92 Å². The van der Waals surface area contributed by atoms with Crippen molar-refractivity contribution in [2.24, 2.45) is 0 Å². The highest BCUT2D eigenvalue weighted by Crippen LogP contribution is 2.11. The van der Waals surface area contributed by atoms with E-state index < -0.39 is 0 Å². The monoisotopic (exact) mass is 221 g/mol. The number of benzene rings is 1. The van der Waals surface area contributed by atoms with E-state index in [0.29, 0.717) is 12.3 Å². The summed E-state index contributed by atoms with van der Waals surface area (Å²) in [6.45, 7) is 2.63. The van der Waals surface area contributed by atoms with Crippen LogP contribution in [0.4, 0.5) is 5.69 Å². The molecule has 2 N–H and O–H groups in total. The highest BCUT2D eigenvalue weighted by molar-refractivity contribution is 5.74. The molecule has 0 amide bonds. The zero-order valence-corrected chi connectivity index (χ0v) is 9.74. The maximum absolute atomic E-state index is 11.5. The molecule has 1 aromatic rings. The van der Waals surface area contributed by atoms with Crippen LogP contribution in [-0.4, -0.2) is 12.6 Å². The second-order valence-electron chi connectivity index (χ2n) is 3.80. The Labute approximate surface area is 96.6 Å². The van der Waals surface area contributed by atoms with E-state index in [1.54, 1.807) is 6.07 Å². The molecule has 0 fully saturated rings. The van der Waals surface area contributed by atoms with Gasteiger partial charge in [0, 0.05) is 5.69 Å². The summed E-state index contributed by atoms with van der Waals surface area (Å²) in [4.78, 5) is 11.5. The standard InChI is InChI=1S/C13H19NO2/c1-2-3-6-9-16-13(15)10-11-7-4-5-8-12(11)14/h4-5,7-8H,2-3,6,9-10,14H2,1H3. The zero-order chi connectivity index (χ0) is 11.8. The number of carbonyl (C=O) groups excluding carboxylic acids is 1. The molecule has 0 aliphatic rings. The van der Waals surface area contributed by atoms with Gasteiger partial charge >= 0.3 is 5.97 Å². The second kappa shape index (κ2) is 6.88. The SMILES string of the molecule is CCCCCOC(=O)Cc1ccccc1N.